The number of benzene rings is 2. The first-order valence-corrected chi connectivity index (χ1v) is 7.25. The first-order chi connectivity index (χ1) is 10.1. The van der Waals surface area contributed by atoms with Crippen molar-refractivity contribution in [1.82, 2.24) is 0 Å². The zero-order valence-electron chi connectivity index (χ0n) is 11.8. The van der Waals surface area contributed by atoms with Gasteiger partial charge in [0.05, 0.1) is 7.11 Å². The van der Waals surface area contributed by atoms with Crippen LogP contribution in [0.5, 0.6) is 11.5 Å². The van der Waals surface area contributed by atoms with Crippen LogP contribution in [0.15, 0.2) is 53.0 Å². The standard InChI is InChI=1S/C16H16BrNO3/c1-11(21-15-8-6-14(20-2)7-9-15)16(19)18-13-5-3-4-12(17)10-13/h3-11H,1-2H3,(H,18,19)/t11-/m1/s1. The molecule has 4 nitrogen and oxygen atoms in total. The molecule has 1 atom stereocenters. The van der Waals surface area contributed by atoms with Crippen molar-refractivity contribution < 1.29 is 14.3 Å². The summed E-state index contributed by atoms with van der Waals surface area (Å²) >= 11 is 3.36. The molecule has 21 heavy (non-hydrogen) atoms. The normalized spacial score (nSPS) is 11.6. The average Bonchev–Trinajstić information content (AvgIpc) is 2.48. The van der Waals surface area contributed by atoms with Gasteiger partial charge in [-0.05, 0) is 49.4 Å². The summed E-state index contributed by atoms with van der Waals surface area (Å²) in [6.07, 6.45) is -0.600. The largest absolute Gasteiger partial charge is 0.497 e. The molecule has 0 saturated heterocycles. The predicted octanol–water partition coefficient (Wildman–Crippen LogP) is 3.86. The Labute approximate surface area is 132 Å². The molecule has 0 saturated carbocycles. The molecule has 0 bridgehead atoms. The summed E-state index contributed by atoms with van der Waals surface area (Å²) in [7, 11) is 1.60. The Morgan fingerprint density at radius 3 is 2.43 bits per heavy atom. The van der Waals surface area contributed by atoms with Gasteiger partial charge in [0.15, 0.2) is 6.10 Å². The number of anilines is 1. The number of halogens is 1. The SMILES string of the molecule is COc1ccc(O[C@H](C)C(=O)Nc2cccc(Br)c2)cc1. The highest BCUT2D eigenvalue weighted by atomic mass is 79.9. The van der Waals surface area contributed by atoms with Gasteiger partial charge >= 0.3 is 0 Å². The van der Waals surface area contributed by atoms with Crippen molar-refractivity contribution in [2.24, 2.45) is 0 Å². The van der Waals surface area contributed by atoms with E-state index in [2.05, 4.69) is 21.2 Å². The van der Waals surface area contributed by atoms with E-state index in [1.807, 2.05) is 24.3 Å². The Morgan fingerprint density at radius 2 is 1.81 bits per heavy atom. The van der Waals surface area contributed by atoms with Crippen LogP contribution in [0.3, 0.4) is 0 Å². The topological polar surface area (TPSA) is 47.6 Å². The van der Waals surface area contributed by atoms with Crippen LogP contribution in [0.4, 0.5) is 5.69 Å². The molecule has 0 spiro atoms. The van der Waals surface area contributed by atoms with Crippen LogP contribution in [-0.2, 0) is 4.79 Å². The molecule has 0 unspecified atom stereocenters. The van der Waals surface area contributed by atoms with Crippen molar-refractivity contribution in [2.75, 3.05) is 12.4 Å². The van der Waals surface area contributed by atoms with E-state index in [0.717, 1.165) is 15.9 Å². The lowest BCUT2D eigenvalue weighted by Crippen LogP contribution is -2.30. The van der Waals surface area contributed by atoms with Gasteiger partial charge in [-0.3, -0.25) is 4.79 Å². The fourth-order valence-corrected chi connectivity index (χ4v) is 2.12. The molecule has 5 heteroatoms. The van der Waals surface area contributed by atoms with E-state index in [1.165, 1.54) is 0 Å². The maximum atomic E-state index is 12.1. The number of carbonyl (C=O) groups excluding carboxylic acids is 1. The van der Waals surface area contributed by atoms with E-state index < -0.39 is 6.10 Å². The van der Waals surface area contributed by atoms with Crippen molar-refractivity contribution in [2.45, 2.75) is 13.0 Å². The summed E-state index contributed by atoms with van der Waals surface area (Å²) in [4.78, 5) is 12.1. The lowest BCUT2D eigenvalue weighted by molar-refractivity contribution is -0.122. The molecule has 0 radical (unpaired) electrons. The molecule has 2 aromatic carbocycles. The van der Waals surface area contributed by atoms with Crippen LogP contribution < -0.4 is 14.8 Å². The fourth-order valence-electron chi connectivity index (χ4n) is 1.72. The van der Waals surface area contributed by atoms with Crippen LogP contribution in [-0.4, -0.2) is 19.1 Å². The Morgan fingerprint density at radius 1 is 1.14 bits per heavy atom. The van der Waals surface area contributed by atoms with Crippen molar-refractivity contribution >= 4 is 27.5 Å². The van der Waals surface area contributed by atoms with Crippen LogP contribution in [0.25, 0.3) is 0 Å². The van der Waals surface area contributed by atoms with Gasteiger partial charge in [0.25, 0.3) is 5.91 Å². The molecule has 2 rings (SSSR count). The van der Waals surface area contributed by atoms with Crippen molar-refractivity contribution in [3.8, 4) is 11.5 Å². The molecule has 2 aromatic rings. The predicted molar refractivity (Wildman–Crippen MR) is 85.9 cm³/mol. The maximum Gasteiger partial charge on any atom is 0.265 e. The lowest BCUT2D eigenvalue weighted by Gasteiger charge is -2.15. The molecule has 0 fully saturated rings. The van der Waals surface area contributed by atoms with Gasteiger partial charge in [-0.1, -0.05) is 22.0 Å². The average molecular weight is 350 g/mol. The van der Waals surface area contributed by atoms with E-state index in [9.17, 15) is 4.79 Å². The quantitative estimate of drug-likeness (QED) is 0.891. The molecule has 0 aliphatic rings. The maximum absolute atomic E-state index is 12.1. The molecule has 0 aromatic heterocycles. The molecular formula is C16H16BrNO3. The second-order valence-corrected chi connectivity index (χ2v) is 5.35. The van der Waals surface area contributed by atoms with Crippen LogP contribution in [0.1, 0.15) is 6.92 Å². The number of methoxy groups -OCH3 is 1. The summed E-state index contributed by atoms with van der Waals surface area (Å²) in [5.74, 6) is 1.16. The summed E-state index contributed by atoms with van der Waals surface area (Å²) in [5, 5.41) is 2.81. The monoisotopic (exact) mass is 349 g/mol. The van der Waals surface area contributed by atoms with Gasteiger partial charge in [0.1, 0.15) is 11.5 Å². The Kier molecular flexibility index (Phi) is 5.22. The van der Waals surface area contributed by atoms with Gasteiger partial charge in [0.2, 0.25) is 0 Å². The van der Waals surface area contributed by atoms with Gasteiger partial charge in [0, 0.05) is 10.2 Å². The molecule has 0 aliphatic heterocycles. The Bertz CT molecular complexity index is 613. The zero-order chi connectivity index (χ0) is 15.2. The summed E-state index contributed by atoms with van der Waals surface area (Å²) in [6, 6.07) is 14.5. The molecular weight excluding hydrogens is 334 g/mol. The van der Waals surface area contributed by atoms with Gasteiger partial charge < -0.3 is 14.8 Å². The van der Waals surface area contributed by atoms with E-state index in [0.29, 0.717) is 5.75 Å². The van der Waals surface area contributed by atoms with E-state index in [4.69, 9.17) is 9.47 Å². The number of hydrogen-bond donors (Lipinski definition) is 1. The van der Waals surface area contributed by atoms with Crippen molar-refractivity contribution in [1.29, 1.82) is 0 Å². The summed E-state index contributed by atoms with van der Waals surface area (Å²) < 4.78 is 11.6. The third kappa shape index (κ3) is 4.49. The van der Waals surface area contributed by atoms with Crippen LogP contribution in [0.2, 0.25) is 0 Å². The summed E-state index contributed by atoms with van der Waals surface area (Å²) in [5.41, 5.74) is 0.722. The summed E-state index contributed by atoms with van der Waals surface area (Å²) in [6.45, 7) is 1.71. The third-order valence-corrected chi connectivity index (χ3v) is 3.33. The highest BCUT2D eigenvalue weighted by Gasteiger charge is 2.15. The molecule has 0 aliphatic carbocycles. The fraction of sp³-hybridized carbons (Fsp3) is 0.188. The zero-order valence-corrected chi connectivity index (χ0v) is 13.4. The molecule has 1 N–H and O–H groups in total. The Hall–Kier alpha value is -2.01. The van der Waals surface area contributed by atoms with Crippen LogP contribution in [0, 0.1) is 0 Å². The minimum atomic E-state index is -0.600. The number of hydrogen-bond acceptors (Lipinski definition) is 3. The molecule has 110 valence electrons. The van der Waals surface area contributed by atoms with Crippen molar-refractivity contribution in [3.05, 3.63) is 53.0 Å². The lowest BCUT2D eigenvalue weighted by atomic mass is 10.3. The first kappa shape index (κ1) is 15.4. The number of rotatable bonds is 5. The van der Waals surface area contributed by atoms with Crippen LogP contribution >= 0.6 is 15.9 Å². The third-order valence-electron chi connectivity index (χ3n) is 2.83. The number of carbonyl (C=O) groups is 1. The highest BCUT2D eigenvalue weighted by Crippen LogP contribution is 2.19. The van der Waals surface area contributed by atoms with E-state index in [-0.39, 0.29) is 5.91 Å². The van der Waals surface area contributed by atoms with Gasteiger partial charge in [-0.2, -0.15) is 0 Å². The Balaban J connectivity index is 1.95. The molecule has 0 heterocycles. The van der Waals surface area contributed by atoms with E-state index in [1.54, 1.807) is 38.3 Å². The van der Waals surface area contributed by atoms with Gasteiger partial charge in [-0.25, -0.2) is 0 Å². The van der Waals surface area contributed by atoms with E-state index >= 15 is 0 Å². The minimum absolute atomic E-state index is 0.205. The minimum Gasteiger partial charge on any atom is -0.497 e. The van der Waals surface area contributed by atoms with Gasteiger partial charge in [-0.15, -0.1) is 0 Å². The second kappa shape index (κ2) is 7.13. The second-order valence-electron chi connectivity index (χ2n) is 4.44. The highest BCUT2D eigenvalue weighted by molar-refractivity contribution is 9.10. The number of ether oxygens (including phenoxy) is 2. The van der Waals surface area contributed by atoms with Crippen molar-refractivity contribution in [3.63, 3.8) is 0 Å². The first-order valence-electron chi connectivity index (χ1n) is 6.45. The molecule has 1 amide bonds. The number of nitrogens with one attached hydrogen (secondary N) is 1. The smallest absolute Gasteiger partial charge is 0.265 e. The number of amides is 1.